The normalized spacial score (nSPS) is 14.2. The van der Waals surface area contributed by atoms with Gasteiger partial charge in [-0.2, -0.15) is 27.0 Å². The molecule has 2 N–H and O–H groups in total. The summed E-state index contributed by atoms with van der Waals surface area (Å²) in [5, 5.41) is 6.92. The number of benzene rings is 2. The molecule has 0 heterocycles. The van der Waals surface area contributed by atoms with Crippen molar-refractivity contribution in [2.75, 3.05) is 12.5 Å². The van der Waals surface area contributed by atoms with Crippen LogP contribution in [0.3, 0.4) is 0 Å². The second kappa shape index (κ2) is 13.6. The van der Waals surface area contributed by atoms with Gasteiger partial charge >= 0.3 is 20.2 Å². The molecular formula is C24H30N4O8S3. The van der Waals surface area contributed by atoms with Gasteiger partial charge in [0.2, 0.25) is 0 Å². The summed E-state index contributed by atoms with van der Waals surface area (Å²) in [6.07, 6.45) is 1.90. The Bertz CT molecular complexity index is 1340. The van der Waals surface area contributed by atoms with Crippen LogP contribution >= 0.6 is 11.8 Å². The van der Waals surface area contributed by atoms with Gasteiger partial charge in [0.25, 0.3) is 11.8 Å². The van der Waals surface area contributed by atoms with Crippen LogP contribution < -0.4 is 19.2 Å². The first-order chi connectivity index (χ1) is 18.0. The number of thioether (sulfide) groups is 1. The van der Waals surface area contributed by atoms with Crippen LogP contribution in [0.25, 0.3) is 0 Å². The zero-order valence-corrected chi connectivity index (χ0v) is 24.6. The van der Waals surface area contributed by atoms with Crippen molar-refractivity contribution in [3.63, 3.8) is 0 Å². The van der Waals surface area contributed by atoms with Crippen LogP contribution in [0, 0.1) is 0 Å². The molecule has 0 aromatic heterocycles. The molecule has 0 radical (unpaired) electrons. The van der Waals surface area contributed by atoms with Crippen molar-refractivity contribution in [2.45, 2.75) is 38.2 Å². The van der Waals surface area contributed by atoms with Gasteiger partial charge in [-0.15, -0.1) is 11.8 Å². The number of nitrogens with one attached hydrogen (secondary N) is 2. The minimum atomic E-state index is -3.63. The SMILES string of the molecule is C/C(=N\NC(=O)C(C)SC(C)C(=O)N/N=C(\C)c1ccc(OS(C)(=O)=O)cc1)c1ccc(OS(C)(=O)=O)cc1. The van der Waals surface area contributed by atoms with E-state index in [1.54, 1.807) is 52.0 Å². The van der Waals surface area contributed by atoms with E-state index in [-0.39, 0.29) is 11.5 Å². The molecule has 15 heteroatoms. The molecule has 212 valence electrons. The van der Waals surface area contributed by atoms with Crippen molar-refractivity contribution in [2.24, 2.45) is 10.2 Å². The van der Waals surface area contributed by atoms with Crippen LogP contribution in [0.5, 0.6) is 11.5 Å². The maximum atomic E-state index is 12.5. The Kier molecular flexibility index (Phi) is 11.1. The predicted molar refractivity (Wildman–Crippen MR) is 151 cm³/mol. The first-order valence-corrected chi connectivity index (χ1v) is 15.9. The van der Waals surface area contributed by atoms with Gasteiger partial charge in [0, 0.05) is 0 Å². The van der Waals surface area contributed by atoms with Gasteiger partial charge < -0.3 is 8.37 Å². The van der Waals surface area contributed by atoms with Crippen LogP contribution in [-0.2, 0) is 29.8 Å². The fraction of sp³-hybridized carbons (Fsp3) is 0.333. The van der Waals surface area contributed by atoms with E-state index in [0.717, 1.165) is 24.3 Å². The van der Waals surface area contributed by atoms with Crippen molar-refractivity contribution in [1.29, 1.82) is 0 Å². The van der Waals surface area contributed by atoms with E-state index < -0.39 is 42.6 Å². The maximum absolute atomic E-state index is 12.5. The third-order valence-corrected chi connectivity index (χ3v) is 7.09. The zero-order valence-electron chi connectivity index (χ0n) is 22.2. The summed E-state index contributed by atoms with van der Waals surface area (Å²) in [7, 11) is -7.26. The van der Waals surface area contributed by atoms with Crippen LogP contribution in [0.15, 0.2) is 58.7 Å². The molecule has 12 nitrogen and oxygen atoms in total. The lowest BCUT2D eigenvalue weighted by atomic mass is 10.1. The number of rotatable bonds is 12. The Morgan fingerprint density at radius 2 is 1.00 bits per heavy atom. The summed E-state index contributed by atoms with van der Waals surface area (Å²) < 4.78 is 54.4. The molecule has 0 fully saturated rings. The van der Waals surface area contributed by atoms with Gasteiger partial charge in [0.05, 0.1) is 34.4 Å². The quantitative estimate of drug-likeness (QED) is 0.211. The molecule has 0 aliphatic rings. The number of carbonyl (C=O) groups excluding carboxylic acids is 2. The average molecular weight is 599 g/mol. The largest absolute Gasteiger partial charge is 0.383 e. The van der Waals surface area contributed by atoms with Gasteiger partial charge in [-0.1, -0.05) is 0 Å². The Morgan fingerprint density at radius 1 is 0.692 bits per heavy atom. The third-order valence-electron chi connectivity index (χ3n) is 4.85. The molecule has 0 spiro atoms. The minimum absolute atomic E-state index is 0.159. The topological polar surface area (TPSA) is 170 Å². The molecule has 0 aliphatic heterocycles. The van der Waals surface area contributed by atoms with E-state index in [1.165, 1.54) is 24.3 Å². The molecule has 2 atom stereocenters. The van der Waals surface area contributed by atoms with Crippen molar-refractivity contribution in [1.82, 2.24) is 10.9 Å². The molecule has 0 bridgehead atoms. The number of amides is 2. The summed E-state index contributed by atoms with van der Waals surface area (Å²) in [5.41, 5.74) is 7.19. The summed E-state index contributed by atoms with van der Waals surface area (Å²) in [6.45, 7) is 6.63. The standard InChI is InChI=1S/C24H30N4O8S3/c1-15(19-7-11-21(12-8-19)35-38(5,31)32)25-27-23(29)17(3)37-18(4)24(30)28-26-16(2)20-9-13-22(14-10-20)36-39(6,33)34/h7-14,17-18H,1-6H3,(H,27,29)(H,28,30)/b25-15+,26-16+. The monoisotopic (exact) mass is 598 g/mol. The Labute approximate surface area is 232 Å². The number of carbonyl (C=O) groups is 2. The molecular weight excluding hydrogens is 568 g/mol. The highest BCUT2D eigenvalue weighted by molar-refractivity contribution is 8.01. The van der Waals surface area contributed by atoms with E-state index in [9.17, 15) is 26.4 Å². The summed E-state index contributed by atoms with van der Waals surface area (Å²) in [5.74, 6) is -0.502. The van der Waals surface area contributed by atoms with Crippen molar-refractivity contribution < 1.29 is 34.8 Å². The summed E-state index contributed by atoms with van der Waals surface area (Å²) in [4.78, 5) is 25.0. The lowest BCUT2D eigenvalue weighted by Crippen LogP contribution is -2.33. The Balaban J connectivity index is 1.88. The Hall–Kier alpha value is -3.43. The molecule has 2 aromatic rings. The predicted octanol–water partition coefficient (Wildman–Crippen LogP) is 2.25. The molecule has 2 unspecified atom stereocenters. The molecule has 39 heavy (non-hydrogen) atoms. The van der Waals surface area contributed by atoms with Gasteiger partial charge in [0.15, 0.2) is 0 Å². The van der Waals surface area contributed by atoms with Crippen molar-refractivity contribution in [3.8, 4) is 11.5 Å². The van der Waals surface area contributed by atoms with Gasteiger partial charge in [-0.3, -0.25) is 9.59 Å². The molecule has 2 amide bonds. The van der Waals surface area contributed by atoms with Crippen LogP contribution in [-0.4, -0.2) is 63.1 Å². The first kappa shape index (κ1) is 31.8. The summed E-state index contributed by atoms with van der Waals surface area (Å²) in [6, 6.07) is 12.3. The highest BCUT2D eigenvalue weighted by atomic mass is 32.2. The fourth-order valence-electron chi connectivity index (χ4n) is 2.87. The molecule has 0 saturated carbocycles. The van der Waals surface area contributed by atoms with E-state index >= 15 is 0 Å². The van der Waals surface area contributed by atoms with Crippen LogP contribution in [0.4, 0.5) is 0 Å². The molecule has 2 aromatic carbocycles. The highest BCUT2D eigenvalue weighted by Gasteiger charge is 2.21. The second-order valence-electron chi connectivity index (χ2n) is 8.39. The minimum Gasteiger partial charge on any atom is -0.383 e. The van der Waals surface area contributed by atoms with E-state index in [2.05, 4.69) is 21.1 Å². The summed E-state index contributed by atoms with van der Waals surface area (Å²) >= 11 is 1.12. The van der Waals surface area contributed by atoms with Crippen LogP contribution in [0.1, 0.15) is 38.8 Å². The highest BCUT2D eigenvalue weighted by Crippen LogP contribution is 2.19. The average Bonchev–Trinajstić information content (AvgIpc) is 2.84. The van der Waals surface area contributed by atoms with Gasteiger partial charge in [-0.25, -0.2) is 10.9 Å². The molecule has 2 rings (SSSR count). The number of hydrogen-bond acceptors (Lipinski definition) is 11. The van der Waals surface area contributed by atoms with Gasteiger partial charge in [-0.05, 0) is 87.4 Å². The van der Waals surface area contributed by atoms with Gasteiger partial charge in [0.1, 0.15) is 11.5 Å². The van der Waals surface area contributed by atoms with Crippen LogP contribution in [0.2, 0.25) is 0 Å². The third kappa shape index (κ3) is 11.5. The first-order valence-electron chi connectivity index (χ1n) is 11.4. The Morgan fingerprint density at radius 3 is 1.28 bits per heavy atom. The molecule has 0 aliphatic carbocycles. The fourth-order valence-corrected chi connectivity index (χ4v) is 4.76. The van der Waals surface area contributed by atoms with Crippen molar-refractivity contribution >= 4 is 55.2 Å². The zero-order chi connectivity index (χ0) is 29.4. The van der Waals surface area contributed by atoms with E-state index in [1.807, 2.05) is 0 Å². The lowest BCUT2D eigenvalue weighted by molar-refractivity contribution is -0.120. The van der Waals surface area contributed by atoms with E-state index in [4.69, 9.17) is 8.37 Å². The number of nitrogens with zero attached hydrogens (tertiary/aromatic N) is 2. The van der Waals surface area contributed by atoms with E-state index in [0.29, 0.717) is 22.6 Å². The number of hydrazone groups is 2. The lowest BCUT2D eigenvalue weighted by Gasteiger charge is -2.15. The maximum Gasteiger partial charge on any atom is 0.306 e. The number of hydrogen-bond donors (Lipinski definition) is 2. The second-order valence-corrected chi connectivity index (χ2v) is 13.2. The molecule has 0 saturated heterocycles. The van der Waals surface area contributed by atoms with Crippen molar-refractivity contribution in [3.05, 3.63) is 59.7 Å². The smallest absolute Gasteiger partial charge is 0.306 e.